The highest BCUT2D eigenvalue weighted by Crippen LogP contribution is 2.47. The van der Waals surface area contributed by atoms with Crippen LogP contribution in [0, 0.1) is 5.41 Å². The van der Waals surface area contributed by atoms with Crippen molar-refractivity contribution >= 4 is 23.4 Å². The molecule has 29 heavy (non-hydrogen) atoms. The van der Waals surface area contributed by atoms with E-state index in [0.717, 1.165) is 30.5 Å². The highest BCUT2D eigenvalue weighted by Gasteiger charge is 2.43. The van der Waals surface area contributed by atoms with Gasteiger partial charge in [-0.2, -0.15) is 5.10 Å². The van der Waals surface area contributed by atoms with Gasteiger partial charge in [0.1, 0.15) is 5.82 Å². The molecule has 0 aromatic carbocycles. The minimum Gasteiger partial charge on any atom is -0.309 e. The quantitative estimate of drug-likeness (QED) is 0.600. The second-order valence-corrected chi connectivity index (χ2v) is 8.27. The van der Waals surface area contributed by atoms with Crippen molar-refractivity contribution in [2.24, 2.45) is 5.41 Å². The van der Waals surface area contributed by atoms with Crippen LogP contribution in [0.2, 0.25) is 5.02 Å². The van der Waals surface area contributed by atoms with Crippen LogP contribution in [-0.4, -0.2) is 50.4 Å². The van der Waals surface area contributed by atoms with Gasteiger partial charge in [0, 0.05) is 36.5 Å². The van der Waals surface area contributed by atoms with Gasteiger partial charge in [-0.1, -0.05) is 17.7 Å². The summed E-state index contributed by atoms with van der Waals surface area (Å²) >= 11 is 6.31. The zero-order chi connectivity index (χ0) is 20.4. The molecule has 3 aromatic heterocycles. The molecule has 1 aliphatic carbocycles. The second kappa shape index (κ2) is 8.04. The predicted octanol–water partition coefficient (Wildman–Crippen LogP) is 3.94. The van der Waals surface area contributed by atoms with E-state index in [1.807, 2.05) is 38.6 Å². The normalized spacial score (nSPS) is 14.9. The molecule has 0 amide bonds. The number of nitrogens with one attached hydrogen (secondary N) is 1. The molecule has 152 valence electrons. The summed E-state index contributed by atoms with van der Waals surface area (Å²) in [5.74, 6) is 1.04. The van der Waals surface area contributed by atoms with E-state index in [2.05, 4.69) is 30.3 Å². The van der Waals surface area contributed by atoms with Crippen molar-refractivity contribution in [1.29, 1.82) is 0 Å². The second-order valence-electron chi connectivity index (χ2n) is 7.86. The minimum absolute atomic E-state index is 0.240. The molecule has 3 aromatic rings. The summed E-state index contributed by atoms with van der Waals surface area (Å²) in [6.07, 6.45) is 8.72. The smallest absolute Gasteiger partial charge is 0.228 e. The first kappa shape index (κ1) is 19.7. The lowest BCUT2D eigenvalue weighted by molar-refractivity contribution is 0.294. The summed E-state index contributed by atoms with van der Waals surface area (Å²) in [5, 5.41) is 7.88. The Morgan fingerprint density at radius 2 is 2.03 bits per heavy atom. The van der Waals surface area contributed by atoms with Crippen LogP contribution >= 0.6 is 11.6 Å². The van der Waals surface area contributed by atoms with E-state index in [1.54, 1.807) is 17.1 Å². The van der Waals surface area contributed by atoms with Crippen molar-refractivity contribution in [2.45, 2.75) is 25.9 Å². The summed E-state index contributed by atoms with van der Waals surface area (Å²) in [6, 6.07) is 3.90. The molecule has 1 saturated carbocycles. The fourth-order valence-corrected chi connectivity index (χ4v) is 3.33. The van der Waals surface area contributed by atoms with Crippen LogP contribution in [0.5, 0.6) is 0 Å². The fraction of sp³-hybridized carbons (Fsp3) is 0.400. The Balaban J connectivity index is 1.50. The molecule has 9 heteroatoms. The Morgan fingerprint density at radius 1 is 1.21 bits per heavy atom. The van der Waals surface area contributed by atoms with Gasteiger partial charge in [-0.25, -0.2) is 15.0 Å². The Hall–Kier alpha value is -2.58. The third-order valence-corrected chi connectivity index (χ3v) is 5.23. The summed E-state index contributed by atoms with van der Waals surface area (Å²) in [4.78, 5) is 15.3. The van der Waals surface area contributed by atoms with E-state index < -0.39 is 0 Å². The van der Waals surface area contributed by atoms with Crippen molar-refractivity contribution < 1.29 is 4.39 Å². The molecule has 0 atom stereocenters. The lowest BCUT2D eigenvalue weighted by Crippen LogP contribution is -2.13. The lowest BCUT2D eigenvalue weighted by Gasteiger charge is -2.10. The zero-order valence-electron chi connectivity index (χ0n) is 16.4. The SMILES string of the molecule is CN(C)Cc1ccc(Nc2ncc(Cl)c(-c3cnn(CC4(CF)CC4)c3)n2)nc1. The van der Waals surface area contributed by atoms with Crippen LogP contribution in [-0.2, 0) is 13.1 Å². The molecule has 0 aliphatic heterocycles. The van der Waals surface area contributed by atoms with Crippen molar-refractivity contribution in [3.8, 4) is 11.3 Å². The molecular weight excluding hydrogens is 393 g/mol. The molecule has 1 fully saturated rings. The summed E-state index contributed by atoms with van der Waals surface area (Å²) in [6.45, 7) is 1.08. The third-order valence-electron chi connectivity index (χ3n) is 4.95. The molecule has 3 heterocycles. The summed E-state index contributed by atoms with van der Waals surface area (Å²) in [7, 11) is 4.03. The van der Waals surface area contributed by atoms with Gasteiger partial charge in [0.25, 0.3) is 0 Å². The topological polar surface area (TPSA) is 71.8 Å². The minimum atomic E-state index is -0.315. The number of nitrogens with zero attached hydrogens (tertiary/aromatic N) is 6. The molecule has 1 N–H and O–H groups in total. The Labute approximate surface area is 174 Å². The maximum atomic E-state index is 13.2. The van der Waals surface area contributed by atoms with Crippen molar-refractivity contribution in [3.63, 3.8) is 0 Å². The highest BCUT2D eigenvalue weighted by molar-refractivity contribution is 6.32. The maximum absolute atomic E-state index is 13.2. The summed E-state index contributed by atoms with van der Waals surface area (Å²) in [5.41, 5.74) is 2.22. The van der Waals surface area contributed by atoms with Crippen LogP contribution in [0.15, 0.2) is 36.9 Å². The Bertz CT molecular complexity index is 983. The van der Waals surface area contributed by atoms with E-state index in [1.165, 1.54) is 0 Å². The number of hydrogen-bond donors (Lipinski definition) is 1. The van der Waals surface area contributed by atoms with Gasteiger partial charge in [0.05, 0.1) is 29.8 Å². The van der Waals surface area contributed by atoms with E-state index in [0.29, 0.717) is 29.0 Å². The molecular formula is C20H23ClFN7. The summed E-state index contributed by atoms with van der Waals surface area (Å²) < 4.78 is 14.9. The number of rotatable bonds is 8. The molecule has 7 nitrogen and oxygen atoms in total. The van der Waals surface area contributed by atoms with E-state index in [9.17, 15) is 4.39 Å². The van der Waals surface area contributed by atoms with E-state index >= 15 is 0 Å². The van der Waals surface area contributed by atoms with Gasteiger partial charge in [0.15, 0.2) is 0 Å². The number of aromatic nitrogens is 5. The van der Waals surface area contributed by atoms with Crippen LogP contribution in [0.3, 0.4) is 0 Å². The van der Waals surface area contributed by atoms with Gasteiger partial charge in [0.2, 0.25) is 5.95 Å². The highest BCUT2D eigenvalue weighted by atomic mass is 35.5. The first-order chi connectivity index (χ1) is 14.0. The van der Waals surface area contributed by atoms with Crippen molar-refractivity contribution in [3.05, 3.63) is 47.5 Å². The maximum Gasteiger partial charge on any atom is 0.228 e. The van der Waals surface area contributed by atoms with Crippen LogP contribution in [0.25, 0.3) is 11.3 Å². The molecule has 0 spiro atoms. The number of halogens is 2. The third kappa shape index (κ3) is 4.71. The van der Waals surface area contributed by atoms with Gasteiger partial charge in [-0.05, 0) is 38.6 Å². The first-order valence-electron chi connectivity index (χ1n) is 9.44. The molecule has 0 radical (unpaired) electrons. The first-order valence-corrected chi connectivity index (χ1v) is 9.82. The average molecular weight is 416 g/mol. The van der Waals surface area contributed by atoms with Crippen LogP contribution in [0.1, 0.15) is 18.4 Å². The van der Waals surface area contributed by atoms with Gasteiger partial charge < -0.3 is 10.2 Å². The molecule has 1 aliphatic rings. The van der Waals surface area contributed by atoms with Gasteiger partial charge in [-0.15, -0.1) is 0 Å². The van der Waals surface area contributed by atoms with Gasteiger partial charge >= 0.3 is 0 Å². The van der Waals surface area contributed by atoms with Crippen LogP contribution < -0.4 is 5.32 Å². The van der Waals surface area contributed by atoms with E-state index in [-0.39, 0.29) is 12.1 Å². The molecule has 0 bridgehead atoms. The molecule has 0 saturated heterocycles. The number of anilines is 2. The molecule has 4 rings (SSSR count). The number of alkyl halides is 1. The van der Waals surface area contributed by atoms with E-state index in [4.69, 9.17) is 11.6 Å². The number of hydrogen-bond acceptors (Lipinski definition) is 6. The van der Waals surface area contributed by atoms with Crippen molar-refractivity contribution in [1.82, 2.24) is 29.6 Å². The lowest BCUT2D eigenvalue weighted by atomic mass is 10.1. The Kier molecular flexibility index (Phi) is 5.47. The largest absolute Gasteiger partial charge is 0.309 e. The van der Waals surface area contributed by atoms with Crippen molar-refractivity contribution in [2.75, 3.05) is 26.1 Å². The standard InChI is InChI=1S/C20H23ClFN7/c1-28(2)10-14-3-4-17(23-7-14)26-19-24-9-16(21)18(27-19)15-8-25-29(11-15)13-20(12-22)5-6-20/h3-4,7-9,11H,5-6,10,12-13H2,1-2H3,(H,23,24,26,27). The number of pyridine rings is 1. The molecule has 0 unspecified atom stereocenters. The predicted molar refractivity (Wildman–Crippen MR) is 111 cm³/mol. The zero-order valence-corrected chi connectivity index (χ0v) is 17.2. The van der Waals surface area contributed by atoms with Crippen LogP contribution in [0.4, 0.5) is 16.2 Å². The monoisotopic (exact) mass is 415 g/mol. The Morgan fingerprint density at radius 3 is 2.69 bits per heavy atom. The fourth-order valence-electron chi connectivity index (χ4n) is 3.13. The van der Waals surface area contributed by atoms with Gasteiger partial charge in [-0.3, -0.25) is 9.07 Å². The average Bonchev–Trinajstić information content (AvgIpc) is 3.32.